The first kappa shape index (κ1) is 15.5. The highest BCUT2D eigenvalue weighted by Crippen LogP contribution is 2.22. The van der Waals surface area contributed by atoms with E-state index in [1.54, 1.807) is 0 Å². The third-order valence-electron chi connectivity index (χ3n) is 4.38. The molecule has 1 N–H and O–H groups in total. The number of likely N-dealkylation sites (N-methyl/N-ethyl adjacent to an activating group) is 1. The van der Waals surface area contributed by atoms with Gasteiger partial charge < -0.3 is 15.1 Å². The molecule has 0 spiro atoms. The minimum Gasteiger partial charge on any atom is -0.353 e. The number of carbonyl (C=O) groups is 1. The van der Waals surface area contributed by atoms with E-state index in [1.165, 1.54) is 37.9 Å². The third kappa shape index (κ3) is 5.63. The lowest BCUT2D eigenvalue weighted by atomic mass is 9.95. The standard InChI is InChI=1S/C16H29N3O/c1-18-10-12-19(13-11-18)9-5-8-17-16(20)14-15-6-3-2-4-7-15/h14H,2-13H2,1H3,(H,17,20). The molecule has 4 nitrogen and oxygen atoms in total. The highest BCUT2D eigenvalue weighted by atomic mass is 16.1. The Bertz CT molecular complexity index is 325. The van der Waals surface area contributed by atoms with E-state index in [0.717, 1.165) is 45.4 Å². The summed E-state index contributed by atoms with van der Waals surface area (Å²) in [6.45, 7) is 6.56. The van der Waals surface area contributed by atoms with Crippen molar-refractivity contribution in [3.8, 4) is 0 Å². The predicted molar refractivity (Wildman–Crippen MR) is 82.7 cm³/mol. The van der Waals surface area contributed by atoms with Crippen LogP contribution < -0.4 is 5.32 Å². The van der Waals surface area contributed by atoms with Gasteiger partial charge in [0.15, 0.2) is 0 Å². The maximum Gasteiger partial charge on any atom is 0.243 e. The second kappa shape index (κ2) is 8.42. The molecule has 114 valence electrons. The van der Waals surface area contributed by atoms with Crippen molar-refractivity contribution in [1.29, 1.82) is 0 Å². The first-order valence-electron chi connectivity index (χ1n) is 8.12. The second-order valence-corrected chi connectivity index (χ2v) is 6.15. The summed E-state index contributed by atoms with van der Waals surface area (Å²) in [5.74, 6) is 0.111. The fourth-order valence-electron chi connectivity index (χ4n) is 2.97. The van der Waals surface area contributed by atoms with E-state index in [1.807, 2.05) is 6.08 Å². The van der Waals surface area contributed by atoms with E-state index in [0.29, 0.717) is 0 Å². The van der Waals surface area contributed by atoms with Crippen molar-refractivity contribution in [2.45, 2.75) is 38.5 Å². The van der Waals surface area contributed by atoms with Crippen LogP contribution in [0.5, 0.6) is 0 Å². The van der Waals surface area contributed by atoms with E-state index in [-0.39, 0.29) is 5.91 Å². The molecule has 1 saturated heterocycles. The number of hydrogen-bond donors (Lipinski definition) is 1. The minimum atomic E-state index is 0.111. The average Bonchev–Trinajstić information content (AvgIpc) is 2.46. The van der Waals surface area contributed by atoms with Crippen molar-refractivity contribution in [2.75, 3.05) is 46.3 Å². The molecule has 2 aliphatic rings. The molecule has 1 amide bonds. The van der Waals surface area contributed by atoms with E-state index in [2.05, 4.69) is 22.2 Å². The van der Waals surface area contributed by atoms with Gasteiger partial charge in [-0.25, -0.2) is 0 Å². The highest BCUT2D eigenvalue weighted by Gasteiger charge is 2.13. The molecule has 0 aromatic carbocycles. The first-order chi connectivity index (χ1) is 9.74. The lowest BCUT2D eigenvalue weighted by Gasteiger charge is -2.32. The van der Waals surface area contributed by atoms with Crippen molar-refractivity contribution in [3.63, 3.8) is 0 Å². The third-order valence-corrected chi connectivity index (χ3v) is 4.38. The molecule has 1 aliphatic carbocycles. The largest absolute Gasteiger partial charge is 0.353 e. The number of allylic oxidation sites excluding steroid dienone is 1. The Morgan fingerprint density at radius 3 is 2.55 bits per heavy atom. The van der Waals surface area contributed by atoms with Crippen molar-refractivity contribution in [2.24, 2.45) is 0 Å². The van der Waals surface area contributed by atoms with Crippen LogP contribution >= 0.6 is 0 Å². The van der Waals surface area contributed by atoms with Gasteiger partial charge in [0.25, 0.3) is 0 Å². The molecular formula is C16H29N3O. The molecule has 0 bridgehead atoms. The van der Waals surface area contributed by atoms with Gasteiger partial charge in [0.1, 0.15) is 0 Å². The van der Waals surface area contributed by atoms with E-state index < -0.39 is 0 Å². The molecule has 0 aromatic rings. The lowest BCUT2D eigenvalue weighted by molar-refractivity contribution is -0.116. The number of hydrogen-bond acceptors (Lipinski definition) is 3. The number of nitrogens with zero attached hydrogens (tertiary/aromatic N) is 2. The van der Waals surface area contributed by atoms with Crippen molar-refractivity contribution in [1.82, 2.24) is 15.1 Å². The molecule has 0 unspecified atom stereocenters. The number of carbonyl (C=O) groups excluding carboxylic acids is 1. The topological polar surface area (TPSA) is 35.6 Å². The fraction of sp³-hybridized carbons (Fsp3) is 0.812. The maximum absolute atomic E-state index is 11.8. The summed E-state index contributed by atoms with van der Waals surface area (Å²) in [7, 11) is 2.18. The Balaban J connectivity index is 1.55. The van der Waals surface area contributed by atoms with Gasteiger partial charge in [-0.15, -0.1) is 0 Å². The second-order valence-electron chi connectivity index (χ2n) is 6.15. The Labute approximate surface area is 123 Å². The Morgan fingerprint density at radius 2 is 1.85 bits per heavy atom. The molecule has 0 aromatic heterocycles. The van der Waals surface area contributed by atoms with E-state index >= 15 is 0 Å². The van der Waals surface area contributed by atoms with Gasteiger partial charge in [0.05, 0.1) is 0 Å². The van der Waals surface area contributed by atoms with Crippen LogP contribution in [0, 0.1) is 0 Å². The van der Waals surface area contributed by atoms with Crippen LogP contribution in [0.4, 0.5) is 0 Å². The van der Waals surface area contributed by atoms with Crippen LogP contribution in [-0.4, -0.2) is 62.0 Å². The number of nitrogens with one attached hydrogen (secondary N) is 1. The van der Waals surface area contributed by atoms with Gasteiger partial charge >= 0.3 is 0 Å². The van der Waals surface area contributed by atoms with Gasteiger partial charge in [0, 0.05) is 38.8 Å². The molecule has 20 heavy (non-hydrogen) atoms. The maximum atomic E-state index is 11.8. The van der Waals surface area contributed by atoms with E-state index in [4.69, 9.17) is 0 Å². The van der Waals surface area contributed by atoms with Gasteiger partial charge in [-0.1, -0.05) is 12.0 Å². The summed E-state index contributed by atoms with van der Waals surface area (Å²) in [6.07, 6.45) is 8.96. The van der Waals surface area contributed by atoms with Crippen molar-refractivity contribution in [3.05, 3.63) is 11.6 Å². The molecule has 1 heterocycles. The fourth-order valence-corrected chi connectivity index (χ4v) is 2.97. The Kier molecular flexibility index (Phi) is 6.54. The van der Waals surface area contributed by atoms with Gasteiger partial charge in [-0.3, -0.25) is 4.79 Å². The summed E-state index contributed by atoms with van der Waals surface area (Å²) < 4.78 is 0. The summed E-state index contributed by atoms with van der Waals surface area (Å²) in [4.78, 5) is 16.7. The zero-order chi connectivity index (χ0) is 14.2. The molecule has 1 aliphatic heterocycles. The molecule has 4 heteroatoms. The molecule has 2 fully saturated rings. The normalized spacial score (nSPS) is 21.8. The molecule has 0 atom stereocenters. The zero-order valence-corrected chi connectivity index (χ0v) is 12.9. The van der Waals surface area contributed by atoms with Crippen LogP contribution in [0.25, 0.3) is 0 Å². The zero-order valence-electron chi connectivity index (χ0n) is 12.9. The smallest absolute Gasteiger partial charge is 0.243 e. The number of amides is 1. The van der Waals surface area contributed by atoms with Gasteiger partial charge in [-0.05, 0) is 45.7 Å². The van der Waals surface area contributed by atoms with Crippen LogP contribution in [-0.2, 0) is 4.79 Å². The Hall–Kier alpha value is -0.870. The van der Waals surface area contributed by atoms with Crippen LogP contribution in [0.3, 0.4) is 0 Å². The molecule has 0 radical (unpaired) electrons. The summed E-state index contributed by atoms with van der Waals surface area (Å²) in [5, 5.41) is 3.03. The number of rotatable bonds is 5. The quantitative estimate of drug-likeness (QED) is 0.614. The SMILES string of the molecule is CN1CCN(CCCNC(=O)C=C2CCCCC2)CC1. The van der Waals surface area contributed by atoms with Crippen LogP contribution in [0.2, 0.25) is 0 Å². The Morgan fingerprint density at radius 1 is 1.15 bits per heavy atom. The van der Waals surface area contributed by atoms with Crippen LogP contribution in [0.1, 0.15) is 38.5 Å². The van der Waals surface area contributed by atoms with Crippen molar-refractivity contribution >= 4 is 5.91 Å². The summed E-state index contributed by atoms with van der Waals surface area (Å²) in [6, 6.07) is 0. The molecule has 1 saturated carbocycles. The average molecular weight is 279 g/mol. The first-order valence-corrected chi connectivity index (χ1v) is 8.12. The number of piperazine rings is 1. The predicted octanol–water partition coefficient (Wildman–Crippen LogP) is 1.63. The summed E-state index contributed by atoms with van der Waals surface area (Å²) >= 11 is 0. The summed E-state index contributed by atoms with van der Waals surface area (Å²) in [5.41, 5.74) is 1.34. The monoisotopic (exact) mass is 279 g/mol. The van der Waals surface area contributed by atoms with E-state index in [9.17, 15) is 4.79 Å². The van der Waals surface area contributed by atoms with Gasteiger partial charge in [-0.2, -0.15) is 0 Å². The minimum absolute atomic E-state index is 0.111. The molecule has 2 rings (SSSR count). The van der Waals surface area contributed by atoms with Crippen molar-refractivity contribution < 1.29 is 4.79 Å². The van der Waals surface area contributed by atoms with Gasteiger partial charge in [0.2, 0.25) is 5.91 Å². The van der Waals surface area contributed by atoms with Crippen LogP contribution in [0.15, 0.2) is 11.6 Å². The highest BCUT2D eigenvalue weighted by molar-refractivity contribution is 5.88. The lowest BCUT2D eigenvalue weighted by Crippen LogP contribution is -2.45. The molecular weight excluding hydrogens is 250 g/mol.